The molecule has 2 heterocycles. The first-order valence-electron chi connectivity index (χ1n) is 12.2. The van der Waals surface area contributed by atoms with Crippen LogP contribution in [-0.4, -0.2) is 32.1 Å². The number of hydrogen-bond acceptors (Lipinski definition) is 6. The second-order valence-corrected chi connectivity index (χ2v) is 9.11. The molecule has 5 rings (SSSR count). The highest BCUT2D eigenvalue weighted by Gasteiger charge is 2.21. The summed E-state index contributed by atoms with van der Waals surface area (Å²) in [6, 6.07) is 11.5. The number of hydrogen-bond donors (Lipinski definition) is 3. The number of imidazole rings is 1. The molecular weight excluding hydrogens is 398 g/mol. The Morgan fingerprint density at radius 2 is 1.66 bits per heavy atom. The zero-order valence-corrected chi connectivity index (χ0v) is 19.0. The number of anilines is 2. The first-order valence-corrected chi connectivity index (χ1v) is 12.2. The van der Waals surface area contributed by atoms with Crippen molar-refractivity contribution in [3.63, 3.8) is 0 Å². The maximum Gasteiger partial charge on any atom is 0.224 e. The van der Waals surface area contributed by atoms with Gasteiger partial charge >= 0.3 is 0 Å². The SMILES string of the molecule is NC1CCCCC1.Nc1nc(NCCCc2ccccc2)c2ncn(C3CCCC3)c2n1. The predicted molar refractivity (Wildman–Crippen MR) is 132 cm³/mol. The van der Waals surface area contributed by atoms with Crippen LogP contribution in [0.5, 0.6) is 0 Å². The summed E-state index contributed by atoms with van der Waals surface area (Å²) in [5.74, 6) is 1.05. The maximum absolute atomic E-state index is 5.94. The van der Waals surface area contributed by atoms with Crippen LogP contribution >= 0.6 is 0 Å². The third kappa shape index (κ3) is 5.97. The van der Waals surface area contributed by atoms with Gasteiger partial charge in [0.2, 0.25) is 5.95 Å². The molecule has 0 amide bonds. The maximum atomic E-state index is 5.94. The third-order valence-electron chi connectivity index (χ3n) is 6.58. The van der Waals surface area contributed by atoms with E-state index in [2.05, 4.69) is 49.1 Å². The lowest BCUT2D eigenvalue weighted by atomic mass is 9.97. The highest BCUT2D eigenvalue weighted by molar-refractivity contribution is 5.84. The van der Waals surface area contributed by atoms with Crippen LogP contribution in [0, 0.1) is 0 Å². The first kappa shape index (κ1) is 22.5. The van der Waals surface area contributed by atoms with Gasteiger partial charge in [-0.2, -0.15) is 9.97 Å². The van der Waals surface area contributed by atoms with E-state index in [4.69, 9.17) is 11.5 Å². The van der Waals surface area contributed by atoms with Crippen LogP contribution in [0.2, 0.25) is 0 Å². The number of aromatic nitrogens is 4. The highest BCUT2D eigenvalue weighted by atomic mass is 15.2. The van der Waals surface area contributed by atoms with E-state index in [0.717, 1.165) is 36.4 Å². The molecule has 2 fully saturated rings. The van der Waals surface area contributed by atoms with E-state index in [0.29, 0.717) is 18.0 Å². The molecule has 0 aliphatic heterocycles. The number of nitrogens with one attached hydrogen (secondary N) is 1. The molecule has 0 saturated heterocycles. The van der Waals surface area contributed by atoms with Gasteiger partial charge in [-0.15, -0.1) is 0 Å². The zero-order valence-electron chi connectivity index (χ0n) is 19.0. The molecule has 0 atom stereocenters. The normalized spacial score (nSPS) is 17.3. The Kier molecular flexibility index (Phi) is 7.93. The Morgan fingerprint density at radius 1 is 0.938 bits per heavy atom. The van der Waals surface area contributed by atoms with Crippen molar-refractivity contribution in [2.45, 2.75) is 82.7 Å². The van der Waals surface area contributed by atoms with Gasteiger partial charge in [-0.05, 0) is 44.1 Å². The van der Waals surface area contributed by atoms with Gasteiger partial charge in [0.15, 0.2) is 17.0 Å². The van der Waals surface area contributed by atoms with Crippen LogP contribution in [0.15, 0.2) is 36.7 Å². The highest BCUT2D eigenvalue weighted by Crippen LogP contribution is 2.32. The van der Waals surface area contributed by atoms with Gasteiger partial charge in [-0.3, -0.25) is 0 Å². The summed E-state index contributed by atoms with van der Waals surface area (Å²) in [5.41, 5.74) is 14.6. The van der Waals surface area contributed by atoms with Crippen LogP contribution in [0.25, 0.3) is 11.2 Å². The van der Waals surface area contributed by atoms with Crippen molar-refractivity contribution < 1.29 is 0 Å². The summed E-state index contributed by atoms with van der Waals surface area (Å²) in [6.07, 6.45) is 15.5. The van der Waals surface area contributed by atoms with Gasteiger partial charge in [0.25, 0.3) is 0 Å². The monoisotopic (exact) mass is 435 g/mol. The van der Waals surface area contributed by atoms with Crippen molar-refractivity contribution in [1.82, 2.24) is 19.5 Å². The van der Waals surface area contributed by atoms with Crippen LogP contribution in [0.3, 0.4) is 0 Å². The summed E-state index contributed by atoms with van der Waals surface area (Å²) < 4.78 is 2.18. The molecule has 5 N–H and O–H groups in total. The molecule has 0 spiro atoms. The topological polar surface area (TPSA) is 108 Å². The second kappa shape index (κ2) is 11.3. The average molecular weight is 436 g/mol. The number of fused-ring (bicyclic) bond motifs is 1. The van der Waals surface area contributed by atoms with Gasteiger partial charge < -0.3 is 21.4 Å². The van der Waals surface area contributed by atoms with Crippen molar-refractivity contribution >= 4 is 22.9 Å². The Balaban J connectivity index is 0.000000300. The molecule has 172 valence electrons. The van der Waals surface area contributed by atoms with E-state index >= 15 is 0 Å². The molecule has 2 aromatic heterocycles. The lowest BCUT2D eigenvalue weighted by molar-refractivity contribution is 0.441. The summed E-state index contributed by atoms with van der Waals surface area (Å²) in [7, 11) is 0. The van der Waals surface area contributed by atoms with E-state index in [9.17, 15) is 0 Å². The standard InChI is InChI=1S/C19H24N6.C6H13N/c20-19-23-17(21-12-6-9-14-7-2-1-3-8-14)16-18(24-19)25(13-22-16)15-10-4-5-11-15;7-6-4-2-1-3-5-6/h1-3,7-8,13,15H,4-6,9-12H2,(H3,20,21,23,24);6H,1-5,7H2. The lowest BCUT2D eigenvalue weighted by Crippen LogP contribution is -2.22. The summed E-state index contributed by atoms with van der Waals surface area (Å²) in [4.78, 5) is 13.4. The molecule has 1 aromatic carbocycles. The Morgan fingerprint density at radius 3 is 2.34 bits per heavy atom. The quantitative estimate of drug-likeness (QED) is 0.478. The molecule has 32 heavy (non-hydrogen) atoms. The van der Waals surface area contributed by atoms with Crippen molar-refractivity contribution in [2.75, 3.05) is 17.6 Å². The van der Waals surface area contributed by atoms with Crippen molar-refractivity contribution in [3.8, 4) is 0 Å². The van der Waals surface area contributed by atoms with Gasteiger partial charge in [0.05, 0.1) is 6.33 Å². The Labute approximate surface area is 191 Å². The molecule has 2 saturated carbocycles. The molecular formula is C25H37N7. The number of nitrogens with two attached hydrogens (primary N) is 2. The molecule has 0 unspecified atom stereocenters. The zero-order chi connectivity index (χ0) is 22.2. The molecule has 3 aromatic rings. The minimum Gasteiger partial charge on any atom is -0.368 e. The fourth-order valence-electron chi connectivity index (χ4n) is 4.78. The average Bonchev–Trinajstić information content (AvgIpc) is 3.48. The minimum atomic E-state index is 0.304. The molecule has 7 heteroatoms. The minimum absolute atomic E-state index is 0.304. The van der Waals surface area contributed by atoms with E-state index in [-0.39, 0.29) is 0 Å². The van der Waals surface area contributed by atoms with Gasteiger partial charge in [-0.1, -0.05) is 62.4 Å². The van der Waals surface area contributed by atoms with E-state index in [1.54, 1.807) is 0 Å². The summed E-state index contributed by atoms with van der Waals surface area (Å²) in [5, 5.41) is 3.40. The smallest absolute Gasteiger partial charge is 0.224 e. The number of aryl methyl sites for hydroxylation is 1. The molecule has 7 nitrogen and oxygen atoms in total. The third-order valence-corrected chi connectivity index (χ3v) is 6.58. The number of benzene rings is 1. The van der Waals surface area contributed by atoms with Crippen molar-refractivity contribution in [1.29, 1.82) is 0 Å². The summed E-state index contributed by atoms with van der Waals surface area (Å²) in [6.45, 7) is 0.830. The second-order valence-electron chi connectivity index (χ2n) is 9.11. The number of nitrogens with zero attached hydrogens (tertiary/aromatic N) is 4. The van der Waals surface area contributed by atoms with E-state index < -0.39 is 0 Å². The van der Waals surface area contributed by atoms with Crippen LogP contribution in [0.1, 0.15) is 75.8 Å². The lowest BCUT2D eigenvalue weighted by Gasteiger charge is -2.15. The van der Waals surface area contributed by atoms with E-state index in [1.165, 1.54) is 63.4 Å². The van der Waals surface area contributed by atoms with E-state index in [1.807, 2.05) is 12.4 Å². The van der Waals surface area contributed by atoms with Crippen molar-refractivity contribution in [3.05, 3.63) is 42.2 Å². The largest absolute Gasteiger partial charge is 0.368 e. The van der Waals surface area contributed by atoms with Crippen LogP contribution in [0.4, 0.5) is 11.8 Å². The fraction of sp³-hybridized carbons (Fsp3) is 0.560. The van der Waals surface area contributed by atoms with Gasteiger partial charge in [0.1, 0.15) is 0 Å². The van der Waals surface area contributed by atoms with Crippen molar-refractivity contribution in [2.24, 2.45) is 5.73 Å². The van der Waals surface area contributed by atoms with Crippen LogP contribution < -0.4 is 16.8 Å². The predicted octanol–water partition coefficient (Wildman–Crippen LogP) is 4.85. The molecule has 2 aliphatic carbocycles. The Hall–Kier alpha value is -2.67. The number of nitrogen functional groups attached to an aromatic ring is 1. The molecule has 2 aliphatic rings. The molecule has 0 radical (unpaired) electrons. The Bertz CT molecular complexity index is 957. The number of rotatable bonds is 6. The molecule has 0 bridgehead atoms. The van der Waals surface area contributed by atoms with Gasteiger partial charge in [0, 0.05) is 18.6 Å². The fourth-order valence-corrected chi connectivity index (χ4v) is 4.78. The van der Waals surface area contributed by atoms with Crippen LogP contribution in [-0.2, 0) is 6.42 Å². The first-order chi connectivity index (χ1) is 15.7. The van der Waals surface area contributed by atoms with Gasteiger partial charge in [-0.25, -0.2) is 4.98 Å². The summed E-state index contributed by atoms with van der Waals surface area (Å²) >= 11 is 0.